The average Bonchev–Trinajstić information content (AvgIpc) is 2.78. The summed E-state index contributed by atoms with van der Waals surface area (Å²) >= 11 is 0. The number of hydrogen-bond donors (Lipinski definition) is 2. The van der Waals surface area contributed by atoms with Crippen LogP contribution in [-0.4, -0.2) is 31.0 Å². The van der Waals surface area contributed by atoms with Crippen LogP contribution in [0.1, 0.15) is 22.5 Å². The predicted molar refractivity (Wildman–Crippen MR) is 114 cm³/mol. The second-order valence-electron chi connectivity index (χ2n) is 6.48. The van der Waals surface area contributed by atoms with E-state index in [1.807, 2.05) is 24.3 Å². The first-order valence-corrected chi connectivity index (χ1v) is 9.46. The topological polar surface area (TPSA) is 89.5 Å². The molecule has 0 spiro atoms. The van der Waals surface area contributed by atoms with Crippen molar-refractivity contribution in [1.29, 1.82) is 0 Å². The Balaban J connectivity index is 1.57. The van der Waals surface area contributed by atoms with Gasteiger partial charge in [0.05, 0.1) is 7.11 Å². The van der Waals surface area contributed by atoms with Crippen molar-refractivity contribution < 1.29 is 19.1 Å². The van der Waals surface area contributed by atoms with Crippen LogP contribution in [0.5, 0.6) is 17.2 Å². The van der Waals surface area contributed by atoms with Crippen molar-refractivity contribution in [3.05, 3.63) is 78.1 Å². The molecule has 3 rings (SSSR count). The normalized spacial score (nSPS) is 10.2. The van der Waals surface area contributed by atoms with Crippen LogP contribution in [0.2, 0.25) is 0 Å². The van der Waals surface area contributed by atoms with Gasteiger partial charge in [-0.3, -0.25) is 14.6 Å². The smallest absolute Gasteiger partial charge is 0.269 e. The number of nitrogens with zero attached hydrogens (tertiary/aromatic N) is 1. The van der Waals surface area contributed by atoms with Crippen molar-refractivity contribution in [2.45, 2.75) is 12.8 Å². The molecule has 0 atom stereocenters. The first-order chi connectivity index (χ1) is 14.6. The summed E-state index contributed by atoms with van der Waals surface area (Å²) in [5.41, 5.74) is 1.97. The van der Waals surface area contributed by atoms with Gasteiger partial charge in [-0.2, -0.15) is 0 Å². The number of pyridine rings is 1. The lowest BCUT2D eigenvalue weighted by Gasteiger charge is -2.09. The van der Waals surface area contributed by atoms with Gasteiger partial charge in [0.25, 0.3) is 5.91 Å². The predicted octanol–water partition coefficient (Wildman–Crippen LogP) is 3.81. The van der Waals surface area contributed by atoms with E-state index in [2.05, 4.69) is 15.6 Å². The van der Waals surface area contributed by atoms with Gasteiger partial charge in [0.1, 0.15) is 22.9 Å². The van der Waals surface area contributed by atoms with Crippen LogP contribution < -0.4 is 20.1 Å². The number of ether oxygens (including phenoxy) is 2. The van der Waals surface area contributed by atoms with E-state index in [1.165, 1.54) is 6.20 Å². The Bertz CT molecular complexity index is 1020. The van der Waals surface area contributed by atoms with Gasteiger partial charge in [0, 0.05) is 31.4 Å². The lowest BCUT2D eigenvalue weighted by molar-refractivity contribution is -0.116. The zero-order valence-corrected chi connectivity index (χ0v) is 16.8. The highest BCUT2D eigenvalue weighted by atomic mass is 16.5. The van der Waals surface area contributed by atoms with Crippen LogP contribution in [0, 0.1) is 0 Å². The van der Waals surface area contributed by atoms with Gasteiger partial charge in [-0.25, -0.2) is 0 Å². The molecule has 154 valence electrons. The fourth-order valence-corrected chi connectivity index (χ4v) is 2.78. The maximum Gasteiger partial charge on any atom is 0.269 e. The number of carbonyl (C=O) groups excluding carboxylic acids is 2. The largest absolute Gasteiger partial charge is 0.497 e. The standard InChI is InChI=1S/C23H23N3O4/c1-24-23(28)21-15-20(12-13-25-21)30-19-5-3-4-16(14-19)6-11-22(27)26-17-7-9-18(29-2)10-8-17/h3-5,7-10,12-15H,6,11H2,1-2H3,(H,24,28)(H,26,27). The summed E-state index contributed by atoms with van der Waals surface area (Å²) in [7, 11) is 3.15. The minimum absolute atomic E-state index is 0.0733. The molecule has 0 saturated heterocycles. The Morgan fingerprint density at radius 1 is 0.967 bits per heavy atom. The molecule has 0 saturated carbocycles. The summed E-state index contributed by atoms with van der Waals surface area (Å²) in [6, 6.07) is 18.0. The van der Waals surface area contributed by atoms with Crippen LogP contribution in [0.15, 0.2) is 66.9 Å². The maximum absolute atomic E-state index is 12.2. The van der Waals surface area contributed by atoms with Gasteiger partial charge >= 0.3 is 0 Å². The first-order valence-electron chi connectivity index (χ1n) is 9.46. The summed E-state index contributed by atoms with van der Waals surface area (Å²) in [5.74, 6) is 1.52. The molecule has 2 amide bonds. The number of aryl methyl sites for hydroxylation is 1. The van der Waals surface area contributed by atoms with E-state index < -0.39 is 0 Å². The minimum atomic E-state index is -0.280. The van der Waals surface area contributed by atoms with E-state index in [0.29, 0.717) is 24.3 Å². The monoisotopic (exact) mass is 405 g/mol. The average molecular weight is 405 g/mol. The Kier molecular flexibility index (Phi) is 7.00. The molecule has 0 aliphatic carbocycles. The van der Waals surface area contributed by atoms with E-state index in [-0.39, 0.29) is 17.5 Å². The Morgan fingerprint density at radius 3 is 2.47 bits per heavy atom. The van der Waals surface area contributed by atoms with Gasteiger partial charge in [0.15, 0.2) is 0 Å². The number of methoxy groups -OCH3 is 1. The van der Waals surface area contributed by atoms with Gasteiger partial charge in [0.2, 0.25) is 5.91 Å². The van der Waals surface area contributed by atoms with Crippen molar-refractivity contribution in [3.63, 3.8) is 0 Å². The molecule has 7 heteroatoms. The van der Waals surface area contributed by atoms with Gasteiger partial charge in [-0.1, -0.05) is 12.1 Å². The third-order valence-corrected chi connectivity index (χ3v) is 4.34. The first kappa shape index (κ1) is 20.9. The van der Waals surface area contributed by atoms with E-state index in [9.17, 15) is 9.59 Å². The number of carbonyl (C=O) groups is 2. The number of rotatable bonds is 8. The third-order valence-electron chi connectivity index (χ3n) is 4.34. The molecule has 0 fully saturated rings. The Hall–Kier alpha value is -3.87. The third kappa shape index (κ3) is 5.81. The van der Waals surface area contributed by atoms with E-state index in [4.69, 9.17) is 9.47 Å². The summed E-state index contributed by atoms with van der Waals surface area (Å²) in [6.45, 7) is 0. The minimum Gasteiger partial charge on any atom is -0.497 e. The highest BCUT2D eigenvalue weighted by molar-refractivity contribution is 5.92. The number of hydrogen-bond acceptors (Lipinski definition) is 5. The molecular formula is C23H23N3O4. The fourth-order valence-electron chi connectivity index (χ4n) is 2.78. The maximum atomic E-state index is 12.2. The number of amides is 2. The van der Waals surface area contributed by atoms with E-state index in [1.54, 1.807) is 50.6 Å². The highest BCUT2D eigenvalue weighted by Crippen LogP contribution is 2.23. The molecule has 2 N–H and O–H groups in total. The zero-order chi connectivity index (χ0) is 21.3. The molecule has 0 bridgehead atoms. The number of benzene rings is 2. The summed E-state index contributed by atoms with van der Waals surface area (Å²) < 4.78 is 11.0. The number of anilines is 1. The van der Waals surface area contributed by atoms with Crippen molar-refractivity contribution in [1.82, 2.24) is 10.3 Å². The summed E-state index contributed by atoms with van der Waals surface area (Å²) in [6.07, 6.45) is 2.43. The molecule has 7 nitrogen and oxygen atoms in total. The summed E-state index contributed by atoms with van der Waals surface area (Å²) in [5, 5.41) is 5.40. The quantitative estimate of drug-likeness (QED) is 0.595. The fraction of sp³-hybridized carbons (Fsp3) is 0.174. The molecule has 0 radical (unpaired) electrons. The highest BCUT2D eigenvalue weighted by Gasteiger charge is 2.08. The molecule has 0 unspecified atom stereocenters. The number of aromatic nitrogens is 1. The molecular weight excluding hydrogens is 382 g/mol. The lowest BCUT2D eigenvalue weighted by Crippen LogP contribution is -2.18. The van der Waals surface area contributed by atoms with Crippen molar-refractivity contribution in [2.75, 3.05) is 19.5 Å². The van der Waals surface area contributed by atoms with Crippen molar-refractivity contribution in [3.8, 4) is 17.2 Å². The molecule has 2 aromatic carbocycles. The van der Waals surface area contributed by atoms with Crippen molar-refractivity contribution >= 4 is 17.5 Å². The van der Waals surface area contributed by atoms with Gasteiger partial charge < -0.3 is 20.1 Å². The van der Waals surface area contributed by atoms with Gasteiger partial charge in [-0.15, -0.1) is 0 Å². The Morgan fingerprint density at radius 2 is 1.73 bits per heavy atom. The van der Waals surface area contributed by atoms with E-state index in [0.717, 1.165) is 17.0 Å². The molecule has 1 heterocycles. The molecule has 0 aliphatic heterocycles. The van der Waals surface area contributed by atoms with Crippen LogP contribution in [0.25, 0.3) is 0 Å². The van der Waals surface area contributed by atoms with Gasteiger partial charge in [-0.05, 0) is 54.4 Å². The van der Waals surface area contributed by atoms with Crippen LogP contribution >= 0.6 is 0 Å². The van der Waals surface area contributed by atoms with E-state index >= 15 is 0 Å². The van der Waals surface area contributed by atoms with Crippen molar-refractivity contribution in [2.24, 2.45) is 0 Å². The molecule has 3 aromatic rings. The number of nitrogens with one attached hydrogen (secondary N) is 2. The molecule has 30 heavy (non-hydrogen) atoms. The zero-order valence-electron chi connectivity index (χ0n) is 16.8. The lowest BCUT2D eigenvalue weighted by atomic mass is 10.1. The summed E-state index contributed by atoms with van der Waals surface area (Å²) in [4.78, 5) is 28.0. The van der Waals surface area contributed by atoms with Crippen LogP contribution in [-0.2, 0) is 11.2 Å². The molecule has 1 aromatic heterocycles. The second-order valence-corrected chi connectivity index (χ2v) is 6.48. The van der Waals surface area contributed by atoms with Crippen LogP contribution in [0.4, 0.5) is 5.69 Å². The Labute approximate surface area is 175 Å². The second kappa shape index (κ2) is 10.1. The molecule has 0 aliphatic rings. The van der Waals surface area contributed by atoms with Crippen LogP contribution in [0.3, 0.4) is 0 Å². The SMILES string of the molecule is CNC(=O)c1cc(Oc2cccc(CCC(=O)Nc3ccc(OC)cc3)c2)ccn1.